The van der Waals surface area contributed by atoms with Crippen LogP contribution in [0.4, 0.5) is 8.78 Å². The van der Waals surface area contributed by atoms with Gasteiger partial charge in [0.15, 0.2) is 5.16 Å². The van der Waals surface area contributed by atoms with Crippen LogP contribution in [0.3, 0.4) is 0 Å². The van der Waals surface area contributed by atoms with E-state index in [1.54, 1.807) is 80.2 Å². The average Bonchev–Trinajstić information content (AvgIpc) is 3.03. The van der Waals surface area contributed by atoms with Crippen molar-refractivity contribution >= 4 is 11.8 Å². The summed E-state index contributed by atoms with van der Waals surface area (Å²) in [5.41, 5.74) is 4.28. The molecule has 214 valence electrons. The highest BCUT2D eigenvalue weighted by molar-refractivity contribution is 7.98. The van der Waals surface area contributed by atoms with Gasteiger partial charge in [-0.2, -0.15) is 0 Å². The van der Waals surface area contributed by atoms with Crippen LogP contribution in [0.1, 0.15) is 5.82 Å². The Kier molecular flexibility index (Phi) is 8.92. The molecule has 0 fully saturated rings. The van der Waals surface area contributed by atoms with E-state index < -0.39 is 0 Å². The quantitative estimate of drug-likeness (QED) is 0.178. The smallest absolute Gasteiger partial charge is 0.260 e. The zero-order valence-corrected chi connectivity index (χ0v) is 23.8. The molecule has 4 aromatic heterocycles. The third kappa shape index (κ3) is 6.79. The number of aryl methyl sites for hydroxylation is 1. The normalized spacial score (nSPS) is 10.6. The van der Waals surface area contributed by atoms with Gasteiger partial charge in [-0.05, 0) is 72.8 Å². The van der Waals surface area contributed by atoms with Gasteiger partial charge in [-0.1, -0.05) is 36.0 Å². The molecule has 2 N–H and O–H groups in total. The van der Waals surface area contributed by atoms with Crippen molar-refractivity contribution in [2.45, 2.75) is 12.1 Å². The summed E-state index contributed by atoms with van der Waals surface area (Å²) in [7, 11) is 0. The van der Waals surface area contributed by atoms with Gasteiger partial charge in [0.2, 0.25) is 0 Å². The molecule has 0 saturated carbocycles. The molecular weight excluding hydrogens is 570 g/mol. The second-order valence-corrected chi connectivity index (χ2v) is 9.95. The maximum atomic E-state index is 13.1. The van der Waals surface area contributed by atoms with Gasteiger partial charge < -0.3 is 9.97 Å². The van der Waals surface area contributed by atoms with E-state index in [0.29, 0.717) is 44.6 Å². The van der Waals surface area contributed by atoms with E-state index in [9.17, 15) is 18.4 Å². The minimum absolute atomic E-state index is 0.249. The Morgan fingerprint density at radius 2 is 1.00 bits per heavy atom. The van der Waals surface area contributed by atoms with E-state index in [4.69, 9.17) is 0 Å². The van der Waals surface area contributed by atoms with Crippen molar-refractivity contribution in [3.8, 4) is 44.8 Å². The van der Waals surface area contributed by atoms with E-state index in [1.807, 2.05) is 6.26 Å². The van der Waals surface area contributed by atoms with Gasteiger partial charge in [0, 0.05) is 35.9 Å². The summed E-state index contributed by atoms with van der Waals surface area (Å²) >= 11 is 1.36. The molecule has 0 amide bonds. The zero-order valence-electron chi connectivity index (χ0n) is 23.0. The number of H-pyrrole nitrogens is 2. The molecule has 4 heterocycles. The zero-order chi connectivity index (χ0) is 30.3. The highest BCUT2D eigenvalue weighted by Gasteiger charge is 2.16. The summed E-state index contributed by atoms with van der Waals surface area (Å²) in [6, 6.07) is 18.7. The number of hydrogen-bond acceptors (Lipinski definition) is 7. The Hall–Kier alpha value is -5.29. The standard InChI is InChI=1S/C16H12FN3OS.C16H12FN3O/c1-22-16-19-14(11-6-8-18-9-7-11)13(15(21)20-16)10-2-4-12(17)5-3-10;1-10-19-15(12-6-8-18-9-7-12)14(16(21)20-10)11-2-4-13(17)5-3-11/h2-9H,1H3,(H,19,20,21);2-9H,1H3,(H,19,20,21). The highest BCUT2D eigenvalue weighted by Crippen LogP contribution is 2.29. The Bertz CT molecular complexity index is 1970. The highest BCUT2D eigenvalue weighted by atomic mass is 32.2. The van der Waals surface area contributed by atoms with Crippen LogP contribution >= 0.6 is 11.8 Å². The van der Waals surface area contributed by atoms with Gasteiger partial charge in [-0.3, -0.25) is 19.6 Å². The number of halogens is 2. The molecule has 0 unspecified atom stereocenters. The van der Waals surface area contributed by atoms with Crippen LogP contribution in [0.15, 0.2) is 112 Å². The molecule has 43 heavy (non-hydrogen) atoms. The van der Waals surface area contributed by atoms with Gasteiger partial charge in [-0.25, -0.2) is 18.7 Å². The first-order valence-electron chi connectivity index (χ1n) is 13.0. The van der Waals surface area contributed by atoms with E-state index in [0.717, 1.165) is 11.1 Å². The van der Waals surface area contributed by atoms with E-state index in [2.05, 4.69) is 29.9 Å². The average molecular weight is 595 g/mol. The number of rotatable bonds is 5. The van der Waals surface area contributed by atoms with Crippen molar-refractivity contribution in [1.29, 1.82) is 0 Å². The van der Waals surface area contributed by atoms with Gasteiger partial charge in [0.1, 0.15) is 17.5 Å². The molecule has 0 aliphatic carbocycles. The molecule has 8 nitrogen and oxygen atoms in total. The Morgan fingerprint density at radius 1 is 0.581 bits per heavy atom. The molecule has 6 aromatic rings. The molecule has 0 bridgehead atoms. The van der Waals surface area contributed by atoms with Gasteiger partial charge in [0.25, 0.3) is 11.1 Å². The van der Waals surface area contributed by atoms with Crippen molar-refractivity contribution in [1.82, 2.24) is 29.9 Å². The molecule has 0 aliphatic rings. The van der Waals surface area contributed by atoms with Crippen molar-refractivity contribution in [2.24, 2.45) is 0 Å². The Morgan fingerprint density at radius 3 is 1.44 bits per heavy atom. The van der Waals surface area contributed by atoms with E-state index in [-0.39, 0.29) is 22.8 Å². The van der Waals surface area contributed by atoms with Crippen molar-refractivity contribution in [2.75, 3.05) is 6.26 Å². The van der Waals surface area contributed by atoms with Crippen LogP contribution in [-0.4, -0.2) is 36.2 Å². The van der Waals surface area contributed by atoms with Crippen LogP contribution in [0.2, 0.25) is 0 Å². The van der Waals surface area contributed by atoms with Crippen LogP contribution in [-0.2, 0) is 0 Å². The molecule has 0 aliphatic heterocycles. The number of benzene rings is 2. The first-order chi connectivity index (χ1) is 20.8. The van der Waals surface area contributed by atoms with Crippen LogP contribution < -0.4 is 11.1 Å². The third-order valence-electron chi connectivity index (χ3n) is 6.30. The van der Waals surface area contributed by atoms with Gasteiger partial charge in [0.05, 0.1) is 22.5 Å². The summed E-state index contributed by atoms with van der Waals surface area (Å²) in [5, 5.41) is 0.530. The molecule has 0 radical (unpaired) electrons. The maximum Gasteiger partial charge on any atom is 0.260 e. The summed E-state index contributed by atoms with van der Waals surface area (Å²) < 4.78 is 26.2. The molecular formula is C32H24F2N6O2S. The summed E-state index contributed by atoms with van der Waals surface area (Å²) in [6.07, 6.45) is 8.41. The number of nitrogens with one attached hydrogen (secondary N) is 2. The SMILES string of the molecule is CSc1nc(-c2ccncc2)c(-c2ccc(F)cc2)c(=O)[nH]1.Cc1nc(-c2ccncc2)c(-c2ccc(F)cc2)c(=O)[nH]1. The minimum Gasteiger partial charge on any atom is -0.310 e. The molecule has 0 atom stereocenters. The van der Waals surface area contributed by atoms with Crippen molar-refractivity contribution in [3.05, 3.63) is 136 Å². The number of thioether (sulfide) groups is 1. The number of nitrogens with zero attached hydrogens (tertiary/aromatic N) is 4. The summed E-state index contributed by atoms with van der Waals surface area (Å²) in [5.74, 6) is -0.169. The van der Waals surface area contributed by atoms with Crippen molar-refractivity contribution < 1.29 is 8.78 Å². The lowest BCUT2D eigenvalue weighted by Gasteiger charge is -2.10. The molecule has 2 aromatic carbocycles. The lowest BCUT2D eigenvalue weighted by molar-refractivity contribution is 0.627. The fourth-order valence-electron chi connectivity index (χ4n) is 4.34. The molecule has 6 rings (SSSR count). The van der Waals surface area contributed by atoms with Gasteiger partial charge >= 0.3 is 0 Å². The topological polar surface area (TPSA) is 117 Å². The molecule has 0 spiro atoms. The fourth-order valence-corrected chi connectivity index (χ4v) is 4.72. The number of aromatic amines is 2. The third-order valence-corrected chi connectivity index (χ3v) is 6.88. The lowest BCUT2D eigenvalue weighted by Crippen LogP contribution is -2.14. The van der Waals surface area contributed by atoms with Crippen LogP contribution in [0.5, 0.6) is 0 Å². The molecule has 0 saturated heterocycles. The number of pyridine rings is 2. The predicted octanol–water partition coefficient (Wildman–Crippen LogP) is 6.31. The second kappa shape index (κ2) is 13.1. The molecule has 11 heteroatoms. The predicted molar refractivity (Wildman–Crippen MR) is 163 cm³/mol. The summed E-state index contributed by atoms with van der Waals surface area (Å²) in [4.78, 5) is 47.1. The Labute approximate surface area is 249 Å². The Balaban J connectivity index is 0.000000171. The van der Waals surface area contributed by atoms with Crippen molar-refractivity contribution in [3.63, 3.8) is 0 Å². The number of hydrogen-bond donors (Lipinski definition) is 2. The fraction of sp³-hybridized carbons (Fsp3) is 0.0625. The number of aromatic nitrogens is 6. The second-order valence-electron chi connectivity index (χ2n) is 9.16. The maximum absolute atomic E-state index is 13.1. The van der Waals surface area contributed by atoms with Crippen LogP contribution in [0.25, 0.3) is 44.8 Å². The van der Waals surface area contributed by atoms with Gasteiger partial charge in [-0.15, -0.1) is 0 Å². The monoisotopic (exact) mass is 594 g/mol. The first-order valence-corrected chi connectivity index (χ1v) is 14.2. The first kappa shape index (κ1) is 29.2. The minimum atomic E-state index is -0.348. The van der Waals surface area contributed by atoms with E-state index in [1.165, 1.54) is 36.0 Å². The lowest BCUT2D eigenvalue weighted by atomic mass is 10.0. The van der Waals surface area contributed by atoms with E-state index >= 15 is 0 Å². The summed E-state index contributed by atoms with van der Waals surface area (Å²) in [6.45, 7) is 1.72. The van der Waals surface area contributed by atoms with Crippen LogP contribution in [0, 0.1) is 18.6 Å². The largest absolute Gasteiger partial charge is 0.310 e.